The van der Waals surface area contributed by atoms with Gasteiger partial charge in [0.15, 0.2) is 20.8 Å². The second-order valence-electron chi connectivity index (χ2n) is 6.98. The van der Waals surface area contributed by atoms with Gasteiger partial charge in [0.25, 0.3) is 0 Å². The SMILES string of the molecule is CCN(C(=O)CSc1nnc(-c2ccco2)n1-c1ccccc1)[C@@H]1CCS(=O)(=O)C1. The molecule has 4 rings (SSSR count). The summed E-state index contributed by atoms with van der Waals surface area (Å²) in [5.74, 6) is 1.36. The Kier molecular flexibility index (Phi) is 5.96. The zero-order valence-electron chi connectivity index (χ0n) is 16.5. The lowest BCUT2D eigenvalue weighted by Gasteiger charge is -2.26. The molecule has 0 saturated carbocycles. The number of hydrogen-bond donors (Lipinski definition) is 0. The summed E-state index contributed by atoms with van der Waals surface area (Å²) < 4.78 is 31.0. The molecule has 0 spiro atoms. The number of aromatic nitrogens is 3. The number of nitrogens with zero attached hydrogens (tertiary/aromatic N) is 4. The van der Waals surface area contributed by atoms with Crippen LogP contribution in [0.1, 0.15) is 13.3 Å². The molecule has 10 heteroatoms. The fourth-order valence-corrected chi connectivity index (χ4v) is 6.18. The molecule has 158 valence electrons. The number of furan rings is 1. The molecule has 1 aliphatic rings. The van der Waals surface area contributed by atoms with Crippen molar-refractivity contribution >= 4 is 27.5 Å². The molecule has 3 heterocycles. The highest BCUT2D eigenvalue weighted by atomic mass is 32.2. The molecule has 1 aromatic carbocycles. The Bertz CT molecular complexity index is 1110. The lowest BCUT2D eigenvalue weighted by molar-refractivity contribution is -0.129. The van der Waals surface area contributed by atoms with E-state index in [1.165, 1.54) is 11.8 Å². The van der Waals surface area contributed by atoms with E-state index in [2.05, 4.69) is 10.2 Å². The number of carbonyl (C=O) groups is 1. The van der Waals surface area contributed by atoms with Gasteiger partial charge in [-0.2, -0.15) is 0 Å². The third-order valence-corrected chi connectivity index (χ3v) is 7.69. The molecule has 0 N–H and O–H groups in total. The van der Waals surface area contributed by atoms with Crippen LogP contribution in [0.3, 0.4) is 0 Å². The molecule has 1 fully saturated rings. The maximum Gasteiger partial charge on any atom is 0.233 e. The van der Waals surface area contributed by atoms with Gasteiger partial charge in [-0.15, -0.1) is 10.2 Å². The second kappa shape index (κ2) is 8.65. The molecule has 1 saturated heterocycles. The summed E-state index contributed by atoms with van der Waals surface area (Å²) in [4.78, 5) is 14.5. The fraction of sp³-hybridized carbons (Fsp3) is 0.350. The summed E-state index contributed by atoms with van der Waals surface area (Å²) >= 11 is 1.28. The van der Waals surface area contributed by atoms with Crippen molar-refractivity contribution in [2.24, 2.45) is 0 Å². The maximum atomic E-state index is 12.9. The van der Waals surface area contributed by atoms with E-state index in [0.717, 1.165) is 5.69 Å². The van der Waals surface area contributed by atoms with E-state index in [-0.39, 0.29) is 29.2 Å². The number of hydrogen-bond acceptors (Lipinski definition) is 7. The second-order valence-corrected chi connectivity index (χ2v) is 10.2. The lowest BCUT2D eigenvalue weighted by Crippen LogP contribution is -2.42. The molecule has 30 heavy (non-hydrogen) atoms. The number of amides is 1. The molecule has 1 aliphatic heterocycles. The highest BCUT2D eigenvalue weighted by Crippen LogP contribution is 2.28. The van der Waals surface area contributed by atoms with Crippen LogP contribution in [0.4, 0.5) is 0 Å². The van der Waals surface area contributed by atoms with E-state index in [0.29, 0.717) is 29.7 Å². The van der Waals surface area contributed by atoms with Gasteiger partial charge in [0.2, 0.25) is 11.7 Å². The van der Waals surface area contributed by atoms with E-state index >= 15 is 0 Å². The van der Waals surface area contributed by atoms with Crippen molar-refractivity contribution in [3.05, 3.63) is 48.7 Å². The summed E-state index contributed by atoms with van der Waals surface area (Å²) in [5, 5.41) is 9.11. The fourth-order valence-electron chi connectivity index (χ4n) is 3.61. The number of sulfone groups is 1. The molecule has 2 aromatic heterocycles. The third kappa shape index (κ3) is 4.29. The van der Waals surface area contributed by atoms with Crippen molar-refractivity contribution in [2.75, 3.05) is 23.8 Å². The molecule has 0 aliphatic carbocycles. The molecule has 3 aromatic rings. The van der Waals surface area contributed by atoms with Crippen molar-refractivity contribution < 1.29 is 17.6 Å². The van der Waals surface area contributed by atoms with Gasteiger partial charge in [-0.05, 0) is 37.6 Å². The van der Waals surface area contributed by atoms with E-state index in [1.807, 2.05) is 47.9 Å². The van der Waals surface area contributed by atoms with Crippen molar-refractivity contribution in [1.29, 1.82) is 0 Å². The predicted molar refractivity (Wildman–Crippen MR) is 114 cm³/mol. The van der Waals surface area contributed by atoms with Gasteiger partial charge >= 0.3 is 0 Å². The van der Waals surface area contributed by atoms with E-state index in [9.17, 15) is 13.2 Å². The first-order valence-electron chi connectivity index (χ1n) is 9.66. The predicted octanol–water partition coefficient (Wildman–Crippen LogP) is 2.66. The topological polar surface area (TPSA) is 98.3 Å². The summed E-state index contributed by atoms with van der Waals surface area (Å²) in [5.41, 5.74) is 0.859. The number of para-hydroxylation sites is 1. The summed E-state index contributed by atoms with van der Waals surface area (Å²) in [7, 11) is -3.05. The maximum absolute atomic E-state index is 12.9. The average Bonchev–Trinajstić information content (AvgIpc) is 3.47. The Morgan fingerprint density at radius 1 is 1.23 bits per heavy atom. The van der Waals surface area contributed by atoms with Gasteiger partial charge in [0.05, 0.1) is 23.5 Å². The highest BCUT2D eigenvalue weighted by Gasteiger charge is 2.34. The molecule has 0 bridgehead atoms. The largest absolute Gasteiger partial charge is 0.461 e. The summed E-state index contributed by atoms with van der Waals surface area (Å²) in [6, 6.07) is 13.0. The minimum absolute atomic E-state index is 0.0418. The van der Waals surface area contributed by atoms with E-state index < -0.39 is 9.84 Å². The Balaban J connectivity index is 1.55. The van der Waals surface area contributed by atoms with Crippen LogP contribution in [0, 0.1) is 0 Å². The number of thioether (sulfide) groups is 1. The van der Waals surface area contributed by atoms with Gasteiger partial charge < -0.3 is 9.32 Å². The van der Waals surface area contributed by atoms with Crippen LogP contribution < -0.4 is 0 Å². The summed E-state index contributed by atoms with van der Waals surface area (Å²) in [6.07, 6.45) is 2.07. The van der Waals surface area contributed by atoms with Gasteiger partial charge in [-0.1, -0.05) is 30.0 Å². The lowest BCUT2D eigenvalue weighted by atomic mass is 10.2. The average molecular weight is 447 g/mol. The van der Waals surface area contributed by atoms with Gasteiger partial charge in [0.1, 0.15) is 0 Å². The zero-order valence-corrected chi connectivity index (χ0v) is 18.1. The smallest absolute Gasteiger partial charge is 0.233 e. The van der Waals surface area contributed by atoms with E-state index in [4.69, 9.17) is 4.42 Å². The quantitative estimate of drug-likeness (QED) is 0.515. The van der Waals surface area contributed by atoms with Crippen LogP contribution >= 0.6 is 11.8 Å². The van der Waals surface area contributed by atoms with Gasteiger partial charge in [-0.25, -0.2) is 8.42 Å². The molecule has 0 unspecified atom stereocenters. The Morgan fingerprint density at radius 2 is 2.03 bits per heavy atom. The number of carbonyl (C=O) groups excluding carboxylic acids is 1. The van der Waals surface area contributed by atoms with Crippen molar-refractivity contribution in [3.8, 4) is 17.3 Å². The number of benzene rings is 1. The van der Waals surface area contributed by atoms with Crippen LogP contribution in [-0.2, 0) is 14.6 Å². The Hall–Kier alpha value is -2.59. The normalized spacial score (nSPS) is 17.8. The minimum atomic E-state index is -3.05. The van der Waals surface area contributed by atoms with Crippen molar-refractivity contribution in [2.45, 2.75) is 24.5 Å². The molecule has 1 amide bonds. The molecule has 1 atom stereocenters. The first-order chi connectivity index (χ1) is 14.5. The Morgan fingerprint density at radius 3 is 2.67 bits per heavy atom. The van der Waals surface area contributed by atoms with Crippen LogP contribution in [0.15, 0.2) is 58.3 Å². The molecular formula is C20H22N4O4S2. The van der Waals surface area contributed by atoms with Crippen LogP contribution in [0.25, 0.3) is 17.3 Å². The van der Waals surface area contributed by atoms with Crippen molar-refractivity contribution in [1.82, 2.24) is 19.7 Å². The highest BCUT2D eigenvalue weighted by molar-refractivity contribution is 7.99. The molecule has 0 radical (unpaired) electrons. The summed E-state index contributed by atoms with van der Waals surface area (Å²) in [6.45, 7) is 2.34. The first kappa shape index (κ1) is 20.7. The minimum Gasteiger partial charge on any atom is -0.461 e. The monoisotopic (exact) mass is 446 g/mol. The van der Waals surface area contributed by atoms with E-state index in [1.54, 1.807) is 17.2 Å². The molecular weight excluding hydrogens is 424 g/mol. The van der Waals surface area contributed by atoms with Gasteiger partial charge in [0, 0.05) is 18.3 Å². The number of rotatable bonds is 7. The first-order valence-corrected chi connectivity index (χ1v) is 12.5. The molecule has 8 nitrogen and oxygen atoms in total. The van der Waals surface area contributed by atoms with Crippen molar-refractivity contribution in [3.63, 3.8) is 0 Å². The van der Waals surface area contributed by atoms with Gasteiger partial charge in [-0.3, -0.25) is 9.36 Å². The van der Waals surface area contributed by atoms with Crippen LogP contribution in [0.5, 0.6) is 0 Å². The Labute approximate surface area is 179 Å². The standard InChI is InChI=1S/C20H22N4O4S2/c1-2-23(16-10-12-30(26,27)14-16)18(25)13-29-20-22-21-19(17-9-6-11-28-17)24(20)15-7-4-3-5-8-15/h3-9,11,16H,2,10,12-14H2,1H3/t16-/m1/s1. The van der Waals surface area contributed by atoms with Crippen LogP contribution in [-0.4, -0.2) is 63.8 Å². The third-order valence-electron chi connectivity index (χ3n) is 5.02. The zero-order chi connectivity index (χ0) is 21.1. The van der Waals surface area contributed by atoms with Crippen LogP contribution in [0.2, 0.25) is 0 Å².